The van der Waals surface area contributed by atoms with Gasteiger partial charge in [-0.3, -0.25) is 0 Å². The molecular formula is C17H27N3O3. The number of hydrogen-bond acceptors (Lipinski definition) is 6. The molecule has 1 unspecified atom stereocenters. The number of anilines is 1. The van der Waals surface area contributed by atoms with Crippen molar-refractivity contribution in [3.63, 3.8) is 0 Å². The number of fused-ring (bicyclic) bond motifs is 1. The second-order valence-electron chi connectivity index (χ2n) is 5.40. The van der Waals surface area contributed by atoms with Gasteiger partial charge in [0.1, 0.15) is 11.9 Å². The molecule has 6 heteroatoms. The maximum Gasteiger partial charge on any atom is 0.129 e. The first-order valence-electron chi connectivity index (χ1n) is 8.20. The molecule has 0 aromatic heterocycles. The number of aliphatic hydroxyl groups is 2. The Morgan fingerprint density at radius 2 is 1.74 bits per heavy atom. The monoisotopic (exact) mass is 321 g/mol. The van der Waals surface area contributed by atoms with E-state index in [2.05, 4.69) is 28.1 Å². The van der Waals surface area contributed by atoms with Gasteiger partial charge in [0.25, 0.3) is 0 Å². The highest BCUT2D eigenvalue weighted by atomic mass is 16.5. The predicted molar refractivity (Wildman–Crippen MR) is 92.9 cm³/mol. The van der Waals surface area contributed by atoms with Crippen molar-refractivity contribution in [2.75, 3.05) is 51.3 Å². The van der Waals surface area contributed by atoms with E-state index in [1.165, 1.54) is 0 Å². The lowest BCUT2D eigenvalue weighted by Gasteiger charge is -2.23. The van der Waals surface area contributed by atoms with Crippen LogP contribution in [0.25, 0.3) is 6.08 Å². The first-order chi connectivity index (χ1) is 11.3. The molecule has 2 rings (SSSR count). The van der Waals surface area contributed by atoms with E-state index in [1.807, 2.05) is 18.2 Å². The van der Waals surface area contributed by atoms with E-state index in [-0.39, 0.29) is 19.3 Å². The summed E-state index contributed by atoms with van der Waals surface area (Å²) in [6.45, 7) is 3.96. The Kier molecular flexibility index (Phi) is 7.89. The minimum atomic E-state index is 0.0650. The van der Waals surface area contributed by atoms with E-state index in [4.69, 9.17) is 14.9 Å². The zero-order valence-corrected chi connectivity index (χ0v) is 13.4. The maximum absolute atomic E-state index is 8.75. The van der Waals surface area contributed by atoms with E-state index >= 15 is 0 Å². The van der Waals surface area contributed by atoms with Crippen molar-refractivity contribution in [1.82, 2.24) is 10.6 Å². The molecule has 0 fully saturated rings. The van der Waals surface area contributed by atoms with E-state index in [1.54, 1.807) is 0 Å². The van der Waals surface area contributed by atoms with Gasteiger partial charge in [-0.15, -0.1) is 0 Å². The highest BCUT2D eigenvalue weighted by molar-refractivity contribution is 5.73. The zero-order chi connectivity index (χ0) is 16.3. The maximum atomic E-state index is 8.75. The van der Waals surface area contributed by atoms with E-state index in [0.717, 1.165) is 43.1 Å². The topological polar surface area (TPSA) is 85.8 Å². The van der Waals surface area contributed by atoms with Gasteiger partial charge < -0.3 is 30.9 Å². The largest absolute Gasteiger partial charge is 0.486 e. The van der Waals surface area contributed by atoms with Crippen LogP contribution >= 0.6 is 0 Å². The molecule has 1 aliphatic heterocycles. The Morgan fingerprint density at radius 3 is 2.52 bits per heavy atom. The summed E-state index contributed by atoms with van der Waals surface area (Å²) in [7, 11) is 0. The summed E-state index contributed by atoms with van der Waals surface area (Å²) < 4.78 is 6.02. The van der Waals surface area contributed by atoms with Crippen LogP contribution in [0, 0.1) is 0 Å². The van der Waals surface area contributed by atoms with Crippen LogP contribution in [0.4, 0.5) is 5.69 Å². The Balaban J connectivity index is 1.84. The van der Waals surface area contributed by atoms with Gasteiger partial charge in [-0.25, -0.2) is 0 Å². The molecule has 5 N–H and O–H groups in total. The second-order valence-corrected chi connectivity index (χ2v) is 5.40. The summed E-state index contributed by atoms with van der Waals surface area (Å²) in [5.41, 5.74) is 2.13. The minimum absolute atomic E-state index is 0.0650. The van der Waals surface area contributed by atoms with E-state index in [9.17, 15) is 0 Å². The van der Waals surface area contributed by atoms with E-state index in [0.29, 0.717) is 13.1 Å². The normalized spacial score (nSPS) is 16.0. The van der Waals surface area contributed by atoms with Gasteiger partial charge >= 0.3 is 0 Å². The predicted octanol–water partition coefficient (Wildman–Crippen LogP) is 0.427. The fourth-order valence-corrected chi connectivity index (χ4v) is 2.47. The SMILES string of the molecule is OCCNCCNc1cccc2c1C=CC(CCNCCO)O2. The molecule has 1 aromatic rings. The number of hydrogen-bond donors (Lipinski definition) is 5. The van der Waals surface area contributed by atoms with Crippen molar-refractivity contribution in [3.05, 3.63) is 29.8 Å². The lowest BCUT2D eigenvalue weighted by molar-refractivity contribution is 0.230. The summed E-state index contributed by atoms with van der Waals surface area (Å²) in [5.74, 6) is 0.896. The van der Waals surface area contributed by atoms with Gasteiger partial charge in [-0.1, -0.05) is 6.07 Å². The Morgan fingerprint density at radius 1 is 0.957 bits per heavy atom. The third-order valence-corrected chi connectivity index (χ3v) is 3.62. The number of ether oxygens (including phenoxy) is 1. The third-order valence-electron chi connectivity index (χ3n) is 3.62. The van der Waals surface area contributed by atoms with Crippen molar-refractivity contribution in [1.29, 1.82) is 0 Å². The molecule has 0 aliphatic carbocycles. The summed E-state index contributed by atoms with van der Waals surface area (Å²) in [6.07, 6.45) is 5.13. The standard InChI is InChI=1S/C17H27N3O3/c21-12-10-18-7-6-14-4-5-15-16(2-1-3-17(15)23-14)20-9-8-19-11-13-22/h1-5,14,18-22H,6-13H2. The fourth-order valence-electron chi connectivity index (χ4n) is 2.47. The highest BCUT2D eigenvalue weighted by Crippen LogP contribution is 2.32. The molecule has 1 aromatic carbocycles. The molecule has 6 nitrogen and oxygen atoms in total. The van der Waals surface area contributed by atoms with Crippen molar-refractivity contribution in [3.8, 4) is 5.75 Å². The number of aliphatic hydroxyl groups excluding tert-OH is 2. The van der Waals surface area contributed by atoms with Gasteiger partial charge in [0.05, 0.1) is 13.2 Å². The van der Waals surface area contributed by atoms with Crippen LogP contribution in [0.15, 0.2) is 24.3 Å². The first kappa shape index (κ1) is 17.7. The highest BCUT2D eigenvalue weighted by Gasteiger charge is 2.16. The van der Waals surface area contributed by atoms with Crippen LogP contribution in [-0.2, 0) is 0 Å². The number of benzene rings is 1. The molecule has 1 heterocycles. The van der Waals surface area contributed by atoms with Crippen LogP contribution in [0.1, 0.15) is 12.0 Å². The van der Waals surface area contributed by atoms with Crippen molar-refractivity contribution in [2.45, 2.75) is 12.5 Å². The Bertz CT molecular complexity index is 494. The average molecular weight is 321 g/mol. The van der Waals surface area contributed by atoms with Crippen molar-refractivity contribution in [2.24, 2.45) is 0 Å². The molecule has 0 spiro atoms. The lowest BCUT2D eigenvalue weighted by Crippen LogP contribution is -2.27. The first-order valence-corrected chi connectivity index (χ1v) is 8.20. The van der Waals surface area contributed by atoms with Gasteiger partial charge in [-0.05, 0) is 30.8 Å². The van der Waals surface area contributed by atoms with Gasteiger partial charge in [0.15, 0.2) is 0 Å². The van der Waals surface area contributed by atoms with Gasteiger partial charge in [0.2, 0.25) is 0 Å². The average Bonchev–Trinajstić information content (AvgIpc) is 2.58. The van der Waals surface area contributed by atoms with Crippen LogP contribution in [0.2, 0.25) is 0 Å². The molecule has 1 atom stereocenters. The van der Waals surface area contributed by atoms with Crippen LogP contribution < -0.4 is 20.7 Å². The third kappa shape index (κ3) is 5.84. The molecule has 0 radical (unpaired) electrons. The molecule has 128 valence electrons. The number of nitrogens with one attached hydrogen (secondary N) is 3. The second kappa shape index (κ2) is 10.2. The summed E-state index contributed by atoms with van der Waals surface area (Å²) in [6, 6.07) is 6.02. The van der Waals surface area contributed by atoms with E-state index < -0.39 is 0 Å². The fraction of sp³-hybridized carbons (Fsp3) is 0.529. The molecule has 1 aliphatic rings. The summed E-state index contributed by atoms with van der Waals surface area (Å²) in [5, 5.41) is 27.2. The van der Waals surface area contributed by atoms with Gasteiger partial charge in [-0.2, -0.15) is 0 Å². The van der Waals surface area contributed by atoms with Crippen molar-refractivity contribution >= 4 is 11.8 Å². The zero-order valence-electron chi connectivity index (χ0n) is 13.4. The van der Waals surface area contributed by atoms with Crippen LogP contribution in [0.3, 0.4) is 0 Å². The minimum Gasteiger partial charge on any atom is -0.486 e. The Labute approximate surface area is 137 Å². The number of rotatable bonds is 11. The quantitative estimate of drug-likeness (QED) is 0.380. The molecule has 23 heavy (non-hydrogen) atoms. The lowest BCUT2D eigenvalue weighted by atomic mass is 10.1. The molecule has 0 amide bonds. The molecule has 0 bridgehead atoms. The van der Waals surface area contributed by atoms with Gasteiger partial charge in [0, 0.05) is 43.9 Å². The summed E-state index contributed by atoms with van der Waals surface area (Å²) in [4.78, 5) is 0. The summed E-state index contributed by atoms with van der Waals surface area (Å²) >= 11 is 0. The molecular weight excluding hydrogens is 294 g/mol. The van der Waals surface area contributed by atoms with Crippen LogP contribution in [0.5, 0.6) is 5.75 Å². The smallest absolute Gasteiger partial charge is 0.129 e. The molecule has 0 saturated heterocycles. The Hall–Kier alpha value is -1.60. The van der Waals surface area contributed by atoms with Crippen LogP contribution in [-0.4, -0.2) is 62.3 Å². The van der Waals surface area contributed by atoms with Crippen molar-refractivity contribution < 1.29 is 14.9 Å². The molecule has 0 saturated carbocycles.